The molecule has 104 valence electrons. The molecule has 0 aliphatic heterocycles. The fourth-order valence-corrected chi connectivity index (χ4v) is 2.29. The molecule has 5 heteroatoms. The number of aryl methyl sites for hydroxylation is 2. The highest BCUT2D eigenvalue weighted by Gasteiger charge is 2.31. The van der Waals surface area contributed by atoms with Crippen molar-refractivity contribution < 1.29 is 5.11 Å². The minimum atomic E-state index is -0.483. The summed E-state index contributed by atoms with van der Waals surface area (Å²) in [6.45, 7) is 9.01. The van der Waals surface area contributed by atoms with Gasteiger partial charge in [0.25, 0.3) is 0 Å². The molecule has 0 aliphatic rings. The molecule has 0 saturated carbocycles. The molecule has 0 saturated heterocycles. The molecule has 1 rings (SSSR count). The fourth-order valence-electron chi connectivity index (χ4n) is 1.96. The van der Waals surface area contributed by atoms with Gasteiger partial charge in [0.1, 0.15) is 0 Å². The smallest absolute Gasteiger partial charge is 0.0850 e. The van der Waals surface area contributed by atoms with Crippen molar-refractivity contribution in [3.8, 4) is 0 Å². The largest absolute Gasteiger partial charge is 0.393 e. The lowest BCUT2D eigenvalue weighted by Gasteiger charge is -2.31. The van der Waals surface area contributed by atoms with Crippen molar-refractivity contribution >= 4 is 11.6 Å². The van der Waals surface area contributed by atoms with Crippen molar-refractivity contribution in [1.82, 2.24) is 9.78 Å². The standard InChI is InChI=1S/C13H24ClN3O/c1-5-10-12(14)11(17(6-2)16-10)7-13(4,8-15)9(3)18/h9,18H,5-8,15H2,1-4H3. The Morgan fingerprint density at radius 2 is 2.11 bits per heavy atom. The Morgan fingerprint density at radius 3 is 2.50 bits per heavy atom. The molecule has 0 spiro atoms. The van der Waals surface area contributed by atoms with E-state index in [9.17, 15) is 5.11 Å². The number of rotatable bonds is 6. The Kier molecular flexibility index (Phi) is 5.20. The second-order valence-corrected chi connectivity index (χ2v) is 5.47. The van der Waals surface area contributed by atoms with Gasteiger partial charge < -0.3 is 10.8 Å². The monoisotopic (exact) mass is 273 g/mol. The van der Waals surface area contributed by atoms with Crippen LogP contribution in [0.5, 0.6) is 0 Å². The van der Waals surface area contributed by atoms with Crippen LogP contribution < -0.4 is 5.73 Å². The predicted molar refractivity (Wildman–Crippen MR) is 74.8 cm³/mol. The zero-order valence-corrected chi connectivity index (χ0v) is 12.5. The van der Waals surface area contributed by atoms with E-state index in [1.54, 1.807) is 6.92 Å². The molecule has 0 aliphatic carbocycles. The molecule has 4 nitrogen and oxygen atoms in total. The molecule has 3 N–H and O–H groups in total. The predicted octanol–water partition coefficient (Wildman–Crippen LogP) is 2.01. The number of aliphatic hydroxyl groups is 1. The summed E-state index contributed by atoms with van der Waals surface area (Å²) < 4.78 is 1.91. The molecule has 1 aromatic rings. The zero-order chi connectivity index (χ0) is 13.9. The number of aliphatic hydroxyl groups excluding tert-OH is 1. The van der Waals surface area contributed by atoms with Crippen LogP contribution in [-0.4, -0.2) is 27.5 Å². The van der Waals surface area contributed by atoms with Gasteiger partial charge in [-0.05, 0) is 26.7 Å². The summed E-state index contributed by atoms with van der Waals surface area (Å²) in [6.07, 6.45) is 0.970. The maximum absolute atomic E-state index is 9.90. The Morgan fingerprint density at radius 1 is 1.50 bits per heavy atom. The minimum Gasteiger partial charge on any atom is -0.393 e. The molecule has 0 radical (unpaired) electrons. The molecule has 1 aromatic heterocycles. The molecule has 2 atom stereocenters. The summed E-state index contributed by atoms with van der Waals surface area (Å²) in [5.74, 6) is 0. The van der Waals surface area contributed by atoms with Crippen LogP contribution in [0.15, 0.2) is 0 Å². The van der Waals surface area contributed by atoms with Crippen LogP contribution in [0.2, 0.25) is 5.02 Å². The number of halogens is 1. The number of aromatic nitrogens is 2. The topological polar surface area (TPSA) is 64.1 Å². The lowest BCUT2D eigenvalue weighted by atomic mass is 9.80. The van der Waals surface area contributed by atoms with E-state index in [4.69, 9.17) is 17.3 Å². The maximum Gasteiger partial charge on any atom is 0.0850 e. The molecular weight excluding hydrogens is 250 g/mol. The molecule has 0 fully saturated rings. The highest BCUT2D eigenvalue weighted by atomic mass is 35.5. The summed E-state index contributed by atoms with van der Waals surface area (Å²) in [5, 5.41) is 15.1. The minimum absolute atomic E-state index is 0.373. The van der Waals surface area contributed by atoms with E-state index in [1.165, 1.54) is 0 Å². The van der Waals surface area contributed by atoms with E-state index in [0.717, 1.165) is 29.4 Å². The molecule has 2 unspecified atom stereocenters. The Labute approximate surface area is 114 Å². The molecule has 0 amide bonds. The van der Waals surface area contributed by atoms with Crippen molar-refractivity contribution in [3.05, 3.63) is 16.4 Å². The van der Waals surface area contributed by atoms with E-state index >= 15 is 0 Å². The molecule has 18 heavy (non-hydrogen) atoms. The first kappa shape index (κ1) is 15.5. The first-order chi connectivity index (χ1) is 8.39. The number of hydrogen-bond donors (Lipinski definition) is 2. The third kappa shape index (κ3) is 2.87. The summed E-state index contributed by atoms with van der Waals surface area (Å²) in [6, 6.07) is 0. The summed E-state index contributed by atoms with van der Waals surface area (Å²) in [7, 11) is 0. The Hall–Kier alpha value is -0.580. The van der Waals surface area contributed by atoms with Gasteiger partial charge in [-0.25, -0.2) is 0 Å². The van der Waals surface area contributed by atoms with Crippen LogP contribution in [-0.2, 0) is 19.4 Å². The maximum atomic E-state index is 9.90. The fraction of sp³-hybridized carbons (Fsp3) is 0.769. The quantitative estimate of drug-likeness (QED) is 0.833. The van der Waals surface area contributed by atoms with Crippen LogP contribution in [0.4, 0.5) is 0 Å². The van der Waals surface area contributed by atoms with Gasteiger partial charge >= 0.3 is 0 Å². The SMILES string of the molecule is CCc1nn(CC)c(CC(C)(CN)C(C)O)c1Cl. The van der Waals surface area contributed by atoms with E-state index in [2.05, 4.69) is 5.10 Å². The van der Waals surface area contributed by atoms with Crippen molar-refractivity contribution in [3.63, 3.8) is 0 Å². The van der Waals surface area contributed by atoms with Crippen LogP contribution in [0.3, 0.4) is 0 Å². The van der Waals surface area contributed by atoms with Crippen molar-refractivity contribution in [1.29, 1.82) is 0 Å². The van der Waals surface area contributed by atoms with E-state index in [0.29, 0.717) is 13.0 Å². The van der Waals surface area contributed by atoms with E-state index < -0.39 is 6.10 Å². The van der Waals surface area contributed by atoms with Crippen LogP contribution >= 0.6 is 11.6 Å². The van der Waals surface area contributed by atoms with Crippen LogP contribution in [0.1, 0.15) is 39.1 Å². The van der Waals surface area contributed by atoms with Crippen LogP contribution in [0.25, 0.3) is 0 Å². The van der Waals surface area contributed by atoms with Gasteiger partial charge in [-0.3, -0.25) is 4.68 Å². The van der Waals surface area contributed by atoms with Gasteiger partial charge in [0.15, 0.2) is 0 Å². The number of nitrogens with two attached hydrogens (primary N) is 1. The van der Waals surface area contributed by atoms with Gasteiger partial charge in [-0.2, -0.15) is 5.10 Å². The van der Waals surface area contributed by atoms with E-state index in [-0.39, 0.29) is 5.41 Å². The third-order valence-corrected chi connectivity index (χ3v) is 4.18. The molecular formula is C13H24ClN3O. The third-order valence-electron chi connectivity index (χ3n) is 3.74. The first-order valence-electron chi connectivity index (χ1n) is 6.51. The summed E-state index contributed by atoms with van der Waals surface area (Å²) in [4.78, 5) is 0. The number of hydrogen-bond acceptors (Lipinski definition) is 3. The lowest BCUT2D eigenvalue weighted by Crippen LogP contribution is -2.40. The zero-order valence-electron chi connectivity index (χ0n) is 11.7. The highest BCUT2D eigenvalue weighted by Crippen LogP contribution is 2.31. The van der Waals surface area contributed by atoms with Crippen molar-refractivity contribution in [2.45, 2.75) is 53.2 Å². The van der Waals surface area contributed by atoms with Crippen LogP contribution in [0, 0.1) is 5.41 Å². The lowest BCUT2D eigenvalue weighted by molar-refractivity contribution is 0.0574. The second-order valence-electron chi connectivity index (χ2n) is 5.09. The summed E-state index contributed by atoms with van der Waals surface area (Å²) in [5.41, 5.74) is 7.32. The van der Waals surface area contributed by atoms with Crippen molar-refractivity contribution in [2.24, 2.45) is 11.1 Å². The van der Waals surface area contributed by atoms with Gasteiger partial charge in [0.2, 0.25) is 0 Å². The Balaban J connectivity index is 3.13. The second kappa shape index (κ2) is 6.04. The first-order valence-corrected chi connectivity index (χ1v) is 6.89. The van der Waals surface area contributed by atoms with E-state index in [1.807, 2.05) is 25.5 Å². The highest BCUT2D eigenvalue weighted by molar-refractivity contribution is 6.31. The normalized spacial score (nSPS) is 16.6. The van der Waals surface area contributed by atoms with Crippen molar-refractivity contribution in [2.75, 3.05) is 6.54 Å². The average Bonchev–Trinajstić information content (AvgIpc) is 2.65. The number of nitrogens with zero attached hydrogens (tertiary/aromatic N) is 2. The molecule has 1 heterocycles. The average molecular weight is 274 g/mol. The molecule has 0 aromatic carbocycles. The van der Waals surface area contributed by atoms with Gasteiger partial charge in [0.05, 0.1) is 22.5 Å². The van der Waals surface area contributed by atoms with Gasteiger partial charge in [0, 0.05) is 18.5 Å². The van der Waals surface area contributed by atoms with Gasteiger partial charge in [-0.15, -0.1) is 0 Å². The van der Waals surface area contributed by atoms with Gasteiger partial charge in [-0.1, -0.05) is 25.4 Å². The summed E-state index contributed by atoms with van der Waals surface area (Å²) >= 11 is 6.37. The molecule has 0 bridgehead atoms. The Bertz CT molecular complexity index is 403.